The van der Waals surface area contributed by atoms with Gasteiger partial charge in [-0.05, 0) is 85.9 Å². The Bertz CT molecular complexity index is 898. The third-order valence-electron chi connectivity index (χ3n) is 11.8. The summed E-state index contributed by atoms with van der Waals surface area (Å²) in [5, 5.41) is 0. The first-order chi connectivity index (χ1) is 18.5. The molecule has 1 aliphatic carbocycles. The fourth-order valence-electron chi connectivity index (χ4n) is 6.16. The van der Waals surface area contributed by atoms with E-state index in [1.165, 1.54) is 7.11 Å². The van der Waals surface area contributed by atoms with Crippen LogP contribution in [0.1, 0.15) is 129 Å². The summed E-state index contributed by atoms with van der Waals surface area (Å²) in [4.78, 5) is 40.3. The summed E-state index contributed by atoms with van der Waals surface area (Å²) in [6.07, 6.45) is 4.17. The van der Waals surface area contributed by atoms with Crippen molar-refractivity contribution in [2.24, 2.45) is 56.7 Å². The van der Waals surface area contributed by atoms with Crippen LogP contribution in [0.3, 0.4) is 0 Å². The van der Waals surface area contributed by atoms with Crippen molar-refractivity contribution in [3.05, 3.63) is 0 Å². The average Bonchev–Trinajstić information content (AvgIpc) is 3.72. The van der Waals surface area contributed by atoms with Crippen molar-refractivity contribution < 1.29 is 28.6 Å². The van der Waals surface area contributed by atoms with E-state index in [1.54, 1.807) is 0 Å². The molecule has 0 bridgehead atoms. The number of methoxy groups -OCH3 is 1. The smallest absolute Gasteiger partial charge is 0.312 e. The molecule has 6 heteroatoms. The van der Waals surface area contributed by atoms with Gasteiger partial charge in [-0.2, -0.15) is 0 Å². The van der Waals surface area contributed by atoms with Crippen molar-refractivity contribution in [2.75, 3.05) is 20.3 Å². The summed E-state index contributed by atoms with van der Waals surface area (Å²) in [7, 11) is 1.46. The minimum atomic E-state index is -0.829. The molecule has 5 unspecified atom stereocenters. The number of esters is 3. The van der Waals surface area contributed by atoms with E-state index >= 15 is 0 Å². The average molecular weight is 581 g/mol. The SMILES string of the molecule is CCC(C)(C)C(C)(CC(C)C(C)C(C)(CC(C)(C)C(C)(C)C(C)C(=O)OCC(C)C)C(=O)OCC1CC1)C(=O)OC. The van der Waals surface area contributed by atoms with Gasteiger partial charge in [-0.1, -0.05) is 83.1 Å². The van der Waals surface area contributed by atoms with Gasteiger partial charge in [-0.15, -0.1) is 0 Å². The molecule has 240 valence electrons. The van der Waals surface area contributed by atoms with Crippen LogP contribution in [0.15, 0.2) is 0 Å². The number of carbonyl (C=O) groups excluding carboxylic acids is 3. The highest BCUT2D eigenvalue weighted by atomic mass is 16.5. The number of hydrogen-bond acceptors (Lipinski definition) is 6. The number of carbonyl (C=O) groups is 3. The zero-order valence-electron chi connectivity index (χ0n) is 29.3. The molecule has 5 atom stereocenters. The Morgan fingerprint density at radius 2 is 1.34 bits per heavy atom. The maximum absolute atomic E-state index is 14.0. The van der Waals surface area contributed by atoms with E-state index in [4.69, 9.17) is 14.2 Å². The van der Waals surface area contributed by atoms with Crippen molar-refractivity contribution in [1.82, 2.24) is 0 Å². The summed E-state index contributed by atoms with van der Waals surface area (Å²) in [6.45, 7) is 30.0. The van der Waals surface area contributed by atoms with E-state index in [2.05, 4.69) is 62.3 Å². The first kappa shape index (κ1) is 37.4. The van der Waals surface area contributed by atoms with E-state index < -0.39 is 21.7 Å². The van der Waals surface area contributed by atoms with Crippen LogP contribution in [-0.4, -0.2) is 38.2 Å². The summed E-state index contributed by atoms with van der Waals surface area (Å²) in [5.41, 5.74) is -2.72. The summed E-state index contributed by atoms with van der Waals surface area (Å²) >= 11 is 0. The Kier molecular flexibility index (Phi) is 12.6. The van der Waals surface area contributed by atoms with Crippen LogP contribution in [-0.2, 0) is 28.6 Å². The maximum atomic E-state index is 14.0. The Balaban J connectivity index is 3.44. The second-order valence-corrected chi connectivity index (χ2v) is 16.0. The zero-order valence-corrected chi connectivity index (χ0v) is 29.3. The monoisotopic (exact) mass is 580 g/mol. The van der Waals surface area contributed by atoms with Crippen LogP contribution in [0.2, 0.25) is 0 Å². The Labute approximate surface area is 252 Å². The fraction of sp³-hybridized carbons (Fsp3) is 0.914. The highest BCUT2D eigenvalue weighted by Gasteiger charge is 2.55. The molecule has 41 heavy (non-hydrogen) atoms. The van der Waals surface area contributed by atoms with Crippen molar-refractivity contribution >= 4 is 17.9 Å². The predicted molar refractivity (Wildman–Crippen MR) is 166 cm³/mol. The molecule has 0 radical (unpaired) electrons. The van der Waals surface area contributed by atoms with E-state index in [1.807, 2.05) is 34.6 Å². The van der Waals surface area contributed by atoms with Crippen LogP contribution in [0, 0.1) is 56.7 Å². The molecule has 1 aliphatic rings. The molecule has 1 rings (SSSR count). The largest absolute Gasteiger partial charge is 0.469 e. The van der Waals surface area contributed by atoms with Crippen molar-refractivity contribution in [3.63, 3.8) is 0 Å². The Morgan fingerprint density at radius 1 is 0.805 bits per heavy atom. The quantitative estimate of drug-likeness (QED) is 0.127. The van der Waals surface area contributed by atoms with Gasteiger partial charge < -0.3 is 14.2 Å². The van der Waals surface area contributed by atoms with Gasteiger partial charge in [0.2, 0.25) is 0 Å². The normalized spacial score (nSPS) is 19.9. The molecule has 6 nitrogen and oxygen atoms in total. The molecule has 0 spiro atoms. The van der Waals surface area contributed by atoms with Gasteiger partial charge >= 0.3 is 17.9 Å². The van der Waals surface area contributed by atoms with Gasteiger partial charge in [-0.3, -0.25) is 14.4 Å². The molecule has 0 aromatic rings. The topological polar surface area (TPSA) is 78.9 Å². The molecular weight excluding hydrogens is 516 g/mol. The van der Waals surface area contributed by atoms with Crippen molar-refractivity contribution in [2.45, 2.75) is 129 Å². The third kappa shape index (κ3) is 8.50. The third-order valence-corrected chi connectivity index (χ3v) is 11.8. The van der Waals surface area contributed by atoms with Gasteiger partial charge in [-0.25, -0.2) is 0 Å². The van der Waals surface area contributed by atoms with Crippen LogP contribution in [0.4, 0.5) is 0 Å². The molecule has 0 heterocycles. The Morgan fingerprint density at radius 3 is 1.78 bits per heavy atom. The molecule has 0 aliphatic heterocycles. The second-order valence-electron chi connectivity index (χ2n) is 16.0. The molecule has 0 aromatic heterocycles. The predicted octanol–water partition coefficient (Wildman–Crippen LogP) is 8.50. The molecule has 0 aromatic carbocycles. The van der Waals surface area contributed by atoms with E-state index in [0.29, 0.717) is 32.0 Å². The second kappa shape index (κ2) is 13.8. The van der Waals surface area contributed by atoms with Gasteiger partial charge in [0.15, 0.2) is 0 Å². The first-order valence-electron chi connectivity index (χ1n) is 16.0. The van der Waals surface area contributed by atoms with Crippen LogP contribution < -0.4 is 0 Å². The van der Waals surface area contributed by atoms with Crippen molar-refractivity contribution in [1.29, 1.82) is 0 Å². The zero-order chi connectivity index (χ0) is 32.2. The van der Waals surface area contributed by atoms with Crippen LogP contribution in [0.5, 0.6) is 0 Å². The van der Waals surface area contributed by atoms with Crippen LogP contribution >= 0.6 is 0 Å². The molecule has 0 N–H and O–H groups in total. The molecule has 1 saturated carbocycles. The lowest BCUT2D eigenvalue weighted by Gasteiger charge is -2.51. The standard InChI is InChI=1S/C35H64O6/c1-16-31(7,8)35(14,30(38)39-15)19-24(4)25(5)34(13,29(37)41-21-27-17-18-27)22-32(9,10)33(11,12)26(6)28(36)40-20-23(2)3/h23-27H,16-22H2,1-15H3. The fourth-order valence-corrected chi connectivity index (χ4v) is 6.16. The lowest BCUT2D eigenvalue weighted by molar-refractivity contribution is -0.169. The molecule has 0 amide bonds. The lowest BCUT2D eigenvalue weighted by Crippen LogP contribution is -2.50. The van der Waals surface area contributed by atoms with Gasteiger partial charge in [0.1, 0.15) is 0 Å². The number of rotatable bonds is 17. The van der Waals surface area contributed by atoms with Gasteiger partial charge in [0.05, 0.1) is 37.1 Å². The first-order valence-corrected chi connectivity index (χ1v) is 16.0. The molecular formula is C35H64O6. The maximum Gasteiger partial charge on any atom is 0.312 e. The molecule has 0 saturated heterocycles. The van der Waals surface area contributed by atoms with E-state index in [9.17, 15) is 14.4 Å². The minimum Gasteiger partial charge on any atom is -0.469 e. The number of ether oxygens (including phenoxy) is 3. The van der Waals surface area contributed by atoms with Gasteiger partial charge in [0, 0.05) is 0 Å². The Hall–Kier alpha value is -1.59. The van der Waals surface area contributed by atoms with E-state index in [0.717, 1.165) is 19.3 Å². The van der Waals surface area contributed by atoms with Gasteiger partial charge in [0.25, 0.3) is 0 Å². The minimum absolute atomic E-state index is 0.0238. The highest BCUT2D eigenvalue weighted by molar-refractivity contribution is 5.78. The summed E-state index contributed by atoms with van der Waals surface area (Å²) in [5.74, 6) is -0.296. The lowest BCUT2D eigenvalue weighted by atomic mass is 9.53. The summed E-state index contributed by atoms with van der Waals surface area (Å²) < 4.78 is 17.0. The number of hydrogen-bond donors (Lipinski definition) is 0. The van der Waals surface area contributed by atoms with E-state index in [-0.39, 0.29) is 47.0 Å². The van der Waals surface area contributed by atoms with Crippen LogP contribution in [0.25, 0.3) is 0 Å². The highest BCUT2D eigenvalue weighted by Crippen LogP contribution is 2.56. The summed E-state index contributed by atoms with van der Waals surface area (Å²) in [6, 6.07) is 0. The van der Waals surface area contributed by atoms with Crippen molar-refractivity contribution in [3.8, 4) is 0 Å². The molecule has 1 fully saturated rings.